The maximum atomic E-state index is 13.8. The number of alkyl halides is 6. The van der Waals surface area contributed by atoms with Gasteiger partial charge in [0.1, 0.15) is 17.7 Å². The van der Waals surface area contributed by atoms with E-state index in [4.69, 9.17) is 9.47 Å². The van der Waals surface area contributed by atoms with Gasteiger partial charge in [-0.25, -0.2) is 4.39 Å². The predicted molar refractivity (Wildman–Crippen MR) is 93.5 cm³/mol. The van der Waals surface area contributed by atoms with Gasteiger partial charge in [-0.1, -0.05) is 0 Å². The highest BCUT2D eigenvalue weighted by Gasteiger charge is 2.37. The Balaban J connectivity index is 1.96. The molecule has 164 valence electrons. The third kappa shape index (κ3) is 5.23. The fraction of sp³-hybridized carbons (Fsp3) is 0.400. The molecule has 1 heterocycles. The van der Waals surface area contributed by atoms with Crippen molar-refractivity contribution in [2.45, 2.75) is 31.5 Å². The normalized spacial score (nSPS) is 18.9. The first-order valence-electron chi connectivity index (χ1n) is 9.03. The molecule has 1 aliphatic rings. The van der Waals surface area contributed by atoms with Crippen molar-refractivity contribution in [3.05, 3.63) is 64.5 Å². The second kappa shape index (κ2) is 8.43. The fourth-order valence-electron chi connectivity index (χ4n) is 3.11. The summed E-state index contributed by atoms with van der Waals surface area (Å²) in [4.78, 5) is 0. The number of rotatable bonds is 4. The molecule has 0 amide bonds. The zero-order chi connectivity index (χ0) is 22.1. The summed E-state index contributed by atoms with van der Waals surface area (Å²) in [5.74, 6) is -0.674. The Morgan fingerprint density at radius 1 is 1.00 bits per heavy atom. The Bertz CT molecular complexity index is 857. The first kappa shape index (κ1) is 22.4. The molecule has 3 nitrogen and oxygen atoms in total. The molecule has 0 aromatic heterocycles. The zero-order valence-corrected chi connectivity index (χ0v) is 15.7. The summed E-state index contributed by atoms with van der Waals surface area (Å²) in [6.45, 7) is 2.71. The molecule has 0 saturated carbocycles. The van der Waals surface area contributed by atoms with Gasteiger partial charge in [0.2, 0.25) is 0 Å². The van der Waals surface area contributed by atoms with Crippen LogP contribution >= 0.6 is 0 Å². The summed E-state index contributed by atoms with van der Waals surface area (Å²) in [6.07, 6.45) is -11.7. The topological polar surface area (TPSA) is 30.5 Å². The maximum absolute atomic E-state index is 13.8. The van der Waals surface area contributed by atoms with E-state index in [1.165, 1.54) is 19.1 Å². The predicted octanol–water partition coefficient (Wildman–Crippen LogP) is 5.66. The van der Waals surface area contributed by atoms with Gasteiger partial charge in [-0.15, -0.1) is 0 Å². The highest BCUT2D eigenvalue weighted by Crippen LogP contribution is 2.39. The lowest BCUT2D eigenvalue weighted by Crippen LogP contribution is -2.33. The molecule has 10 heteroatoms. The van der Waals surface area contributed by atoms with E-state index in [2.05, 4.69) is 5.32 Å². The van der Waals surface area contributed by atoms with Crippen molar-refractivity contribution in [2.75, 3.05) is 19.7 Å². The van der Waals surface area contributed by atoms with Crippen LogP contribution in [0.3, 0.4) is 0 Å². The first-order valence-corrected chi connectivity index (χ1v) is 9.03. The van der Waals surface area contributed by atoms with Crippen LogP contribution in [0.4, 0.5) is 30.7 Å². The van der Waals surface area contributed by atoms with Crippen molar-refractivity contribution in [3.8, 4) is 5.75 Å². The van der Waals surface area contributed by atoms with Crippen LogP contribution in [0.1, 0.15) is 41.4 Å². The molecule has 2 aromatic rings. The first-order chi connectivity index (χ1) is 13.9. The van der Waals surface area contributed by atoms with Crippen molar-refractivity contribution in [1.82, 2.24) is 5.32 Å². The fourth-order valence-corrected chi connectivity index (χ4v) is 3.11. The van der Waals surface area contributed by atoms with E-state index in [0.29, 0.717) is 37.4 Å². The average Bonchev–Trinajstić information content (AvgIpc) is 2.67. The minimum atomic E-state index is -4.97. The molecular weight excluding hydrogens is 419 g/mol. The van der Waals surface area contributed by atoms with Gasteiger partial charge in [0.05, 0.1) is 23.8 Å². The van der Waals surface area contributed by atoms with Gasteiger partial charge in [0, 0.05) is 24.7 Å². The molecule has 3 rings (SSSR count). The molecule has 0 bridgehead atoms. The zero-order valence-electron chi connectivity index (χ0n) is 15.7. The molecule has 1 fully saturated rings. The van der Waals surface area contributed by atoms with Crippen molar-refractivity contribution in [2.24, 2.45) is 0 Å². The highest BCUT2D eigenvalue weighted by atomic mass is 19.4. The third-order valence-corrected chi connectivity index (χ3v) is 4.63. The molecule has 2 atom stereocenters. The van der Waals surface area contributed by atoms with E-state index < -0.39 is 41.5 Å². The molecule has 2 aromatic carbocycles. The number of morpholine rings is 1. The van der Waals surface area contributed by atoms with E-state index >= 15 is 0 Å². The van der Waals surface area contributed by atoms with Gasteiger partial charge < -0.3 is 14.8 Å². The van der Waals surface area contributed by atoms with E-state index in [0.717, 1.165) is 6.07 Å². The highest BCUT2D eigenvalue weighted by molar-refractivity contribution is 5.39. The molecule has 30 heavy (non-hydrogen) atoms. The number of nitrogens with one attached hydrogen (secondary N) is 1. The maximum Gasteiger partial charge on any atom is 0.416 e. The second-order valence-electron chi connectivity index (χ2n) is 6.84. The van der Waals surface area contributed by atoms with Crippen LogP contribution in [0.5, 0.6) is 5.75 Å². The van der Waals surface area contributed by atoms with Gasteiger partial charge in [0.25, 0.3) is 0 Å². The van der Waals surface area contributed by atoms with Crippen molar-refractivity contribution >= 4 is 0 Å². The summed E-state index contributed by atoms with van der Waals surface area (Å²) < 4.78 is 104. The van der Waals surface area contributed by atoms with Crippen molar-refractivity contribution in [3.63, 3.8) is 0 Å². The van der Waals surface area contributed by atoms with Crippen LogP contribution < -0.4 is 10.1 Å². The van der Waals surface area contributed by atoms with Crippen LogP contribution in [0, 0.1) is 5.82 Å². The minimum absolute atomic E-state index is 0.0119. The molecule has 0 radical (unpaired) electrons. The summed E-state index contributed by atoms with van der Waals surface area (Å²) in [5, 5.41) is 3.08. The quantitative estimate of drug-likeness (QED) is 0.626. The van der Waals surface area contributed by atoms with Crippen LogP contribution in [0.2, 0.25) is 0 Å². The van der Waals surface area contributed by atoms with Crippen LogP contribution in [-0.2, 0) is 17.1 Å². The summed E-state index contributed by atoms with van der Waals surface area (Å²) in [7, 11) is 0. The minimum Gasteiger partial charge on any atom is -0.486 e. The Morgan fingerprint density at radius 3 is 2.17 bits per heavy atom. The van der Waals surface area contributed by atoms with Crippen LogP contribution in [-0.4, -0.2) is 19.7 Å². The largest absolute Gasteiger partial charge is 0.486 e. The average molecular weight is 437 g/mol. The monoisotopic (exact) mass is 437 g/mol. The Hall–Kier alpha value is -2.33. The Labute approximate surface area is 167 Å². The Kier molecular flexibility index (Phi) is 6.28. The Morgan fingerprint density at radius 2 is 1.63 bits per heavy atom. The van der Waals surface area contributed by atoms with Gasteiger partial charge in [-0.3, -0.25) is 0 Å². The van der Waals surface area contributed by atoms with Crippen LogP contribution in [0.25, 0.3) is 0 Å². The molecule has 1 N–H and O–H groups in total. The van der Waals surface area contributed by atoms with Gasteiger partial charge in [0.15, 0.2) is 0 Å². The van der Waals surface area contributed by atoms with Crippen molar-refractivity contribution < 1.29 is 40.2 Å². The van der Waals surface area contributed by atoms with E-state index in [-0.39, 0.29) is 17.4 Å². The lowest BCUT2D eigenvalue weighted by atomic mass is 10.0. The molecule has 0 spiro atoms. The van der Waals surface area contributed by atoms with Crippen LogP contribution in [0.15, 0.2) is 36.4 Å². The van der Waals surface area contributed by atoms with Gasteiger partial charge in [-0.05, 0) is 42.8 Å². The molecular formula is C20H18F7NO2. The van der Waals surface area contributed by atoms with Gasteiger partial charge in [-0.2, -0.15) is 26.3 Å². The summed E-state index contributed by atoms with van der Waals surface area (Å²) >= 11 is 0. The number of hydrogen-bond acceptors (Lipinski definition) is 3. The second-order valence-corrected chi connectivity index (χ2v) is 6.84. The molecule has 1 aliphatic heterocycles. The number of benzene rings is 2. The van der Waals surface area contributed by atoms with Crippen molar-refractivity contribution in [1.29, 1.82) is 0 Å². The number of hydrogen-bond donors (Lipinski definition) is 1. The number of ether oxygens (including phenoxy) is 2. The molecule has 0 unspecified atom stereocenters. The van der Waals surface area contributed by atoms with E-state index in [1.54, 1.807) is 0 Å². The molecule has 1 saturated heterocycles. The van der Waals surface area contributed by atoms with Gasteiger partial charge >= 0.3 is 12.4 Å². The SMILES string of the molecule is C[C@H](Oc1cc(F)ccc1[C@@H]1CNCCO1)c1cc(C(F)(F)F)cc(C(F)(F)F)c1. The summed E-state index contributed by atoms with van der Waals surface area (Å²) in [5.41, 5.74) is -2.78. The lowest BCUT2D eigenvalue weighted by molar-refractivity contribution is -0.143. The summed E-state index contributed by atoms with van der Waals surface area (Å²) in [6, 6.07) is 4.86. The standard InChI is InChI=1S/C20H18F7NO2/c1-11(12-6-13(19(22,23)24)8-14(7-12)20(25,26)27)30-17-9-15(21)2-3-16(17)18-10-28-4-5-29-18/h2-3,6-9,11,18,28H,4-5,10H2,1H3/t11-,18-/m0/s1. The molecule has 0 aliphatic carbocycles. The van der Waals surface area contributed by atoms with E-state index in [9.17, 15) is 30.7 Å². The number of halogens is 7. The lowest BCUT2D eigenvalue weighted by Gasteiger charge is -2.27. The third-order valence-electron chi connectivity index (χ3n) is 4.63. The smallest absolute Gasteiger partial charge is 0.416 e. The van der Waals surface area contributed by atoms with E-state index in [1.807, 2.05) is 0 Å².